The van der Waals surface area contributed by atoms with E-state index in [4.69, 9.17) is 10.5 Å². The van der Waals surface area contributed by atoms with E-state index in [9.17, 15) is 4.79 Å². The zero-order valence-corrected chi connectivity index (χ0v) is 11.0. The lowest BCUT2D eigenvalue weighted by atomic mass is 10.1. The van der Waals surface area contributed by atoms with Crippen LogP contribution in [-0.4, -0.2) is 25.2 Å². The van der Waals surface area contributed by atoms with Crippen LogP contribution in [0.2, 0.25) is 0 Å². The number of hydrogen-bond donors (Lipinski definition) is 2. The molecule has 5 heteroatoms. The molecule has 1 heterocycles. The number of rotatable bonds is 3. The summed E-state index contributed by atoms with van der Waals surface area (Å²) >= 11 is 0. The van der Waals surface area contributed by atoms with Crippen molar-refractivity contribution < 1.29 is 9.53 Å². The molecule has 0 aromatic heterocycles. The fourth-order valence-corrected chi connectivity index (χ4v) is 1.96. The van der Waals surface area contributed by atoms with E-state index in [0.29, 0.717) is 6.61 Å². The number of amides is 1. The highest BCUT2D eigenvalue weighted by Gasteiger charge is 2.21. The first-order valence-corrected chi connectivity index (χ1v) is 5.96. The van der Waals surface area contributed by atoms with E-state index in [-0.39, 0.29) is 24.4 Å². The Kier molecular flexibility index (Phi) is 6.12. The van der Waals surface area contributed by atoms with Crippen LogP contribution in [0.5, 0.6) is 0 Å². The van der Waals surface area contributed by atoms with E-state index >= 15 is 0 Å². The number of halogens is 1. The van der Waals surface area contributed by atoms with Gasteiger partial charge in [0.25, 0.3) is 0 Å². The number of benzene rings is 1. The summed E-state index contributed by atoms with van der Waals surface area (Å²) in [6.45, 7) is 1.38. The summed E-state index contributed by atoms with van der Waals surface area (Å²) in [6, 6.07) is 8.90. The Balaban J connectivity index is 0.00000162. The zero-order valence-electron chi connectivity index (χ0n) is 10.2. The first-order chi connectivity index (χ1) is 8.27. The zero-order chi connectivity index (χ0) is 12.1. The van der Waals surface area contributed by atoms with Crippen LogP contribution in [0.1, 0.15) is 24.4 Å². The summed E-state index contributed by atoms with van der Waals surface area (Å²) < 4.78 is 5.31. The third-order valence-electron chi connectivity index (χ3n) is 2.95. The molecule has 18 heavy (non-hydrogen) atoms. The fourth-order valence-electron chi connectivity index (χ4n) is 1.96. The summed E-state index contributed by atoms with van der Waals surface area (Å²) in [5.74, 6) is -0.133. The third kappa shape index (κ3) is 3.98. The Morgan fingerprint density at radius 2 is 2.11 bits per heavy atom. The van der Waals surface area contributed by atoms with Crippen molar-refractivity contribution in [1.29, 1.82) is 0 Å². The topological polar surface area (TPSA) is 64.4 Å². The third-order valence-corrected chi connectivity index (χ3v) is 2.95. The van der Waals surface area contributed by atoms with Crippen LogP contribution in [0.25, 0.3) is 0 Å². The van der Waals surface area contributed by atoms with Gasteiger partial charge in [-0.3, -0.25) is 4.79 Å². The maximum absolute atomic E-state index is 11.9. The van der Waals surface area contributed by atoms with Crippen molar-refractivity contribution in [2.75, 3.05) is 13.2 Å². The van der Waals surface area contributed by atoms with Crippen molar-refractivity contribution >= 4 is 18.3 Å². The normalized spacial score (nSPS) is 20.6. The fraction of sp³-hybridized carbons (Fsp3) is 0.462. The van der Waals surface area contributed by atoms with Gasteiger partial charge in [-0.1, -0.05) is 30.3 Å². The second-order valence-electron chi connectivity index (χ2n) is 4.31. The molecule has 0 spiro atoms. The van der Waals surface area contributed by atoms with Crippen molar-refractivity contribution in [3.05, 3.63) is 35.9 Å². The highest BCUT2D eigenvalue weighted by Crippen LogP contribution is 2.11. The van der Waals surface area contributed by atoms with E-state index in [1.54, 1.807) is 0 Å². The minimum atomic E-state index is -0.599. The standard InChI is InChI=1S/C13H18N2O2.ClH/c14-12(10-5-2-1-3-6-10)13(16)15-11-7-4-8-17-9-11;/h1-3,5-6,11-12H,4,7-9,14H2,(H,15,16);1H. The minimum absolute atomic E-state index is 0. The molecule has 0 aliphatic carbocycles. The predicted molar refractivity (Wildman–Crippen MR) is 72.6 cm³/mol. The number of hydrogen-bond acceptors (Lipinski definition) is 3. The summed E-state index contributed by atoms with van der Waals surface area (Å²) in [7, 11) is 0. The van der Waals surface area contributed by atoms with Crippen molar-refractivity contribution in [1.82, 2.24) is 5.32 Å². The van der Waals surface area contributed by atoms with E-state index in [1.807, 2.05) is 30.3 Å². The van der Waals surface area contributed by atoms with E-state index < -0.39 is 6.04 Å². The molecule has 0 bridgehead atoms. The van der Waals surface area contributed by atoms with Gasteiger partial charge in [-0.25, -0.2) is 0 Å². The maximum Gasteiger partial charge on any atom is 0.241 e. The van der Waals surface area contributed by atoms with Crippen LogP contribution in [0.4, 0.5) is 0 Å². The van der Waals surface area contributed by atoms with Gasteiger partial charge < -0.3 is 15.8 Å². The Bertz CT molecular complexity index is 367. The second kappa shape index (κ2) is 7.36. The van der Waals surface area contributed by atoms with Gasteiger partial charge >= 0.3 is 0 Å². The van der Waals surface area contributed by atoms with Crippen LogP contribution in [0.15, 0.2) is 30.3 Å². The first-order valence-electron chi connectivity index (χ1n) is 5.96. The average molecular weight is 271 g/mol. The van der Waals surface area contributed by atoms with Crippen LogP contribution >= 0.6 is 12.4 Å². The molecule has 1 aliphatic rings. The molecule has 2 rings (SSSR count). The molecular formula is C13H19ClN2O2. The van der Waals surface area contributed by atoms with Gasteiger partial charge in [0.2, 0.25) is 5.91 Å². The highest BCUT2D eigenvalue weighted by atomic mass is 35.5. The number of nitrogens with two attached hydrogens (primary N) is 1. The molecule has 100 valence electrons. The highest BCUT2D eigenvalue weighted by molar-refractivity contribution is 5.85. The lowest BCUT2D eigenvalue weighted by Crippen LogP contribution is -2.44. The molecule has 1 aliphatic heterocycles. The minimum Gasteiger partial charge on any atom is -0.379 e. The molecule has 1 amide bonds. The molecule has 1 fully saturated rings. The number of carbonyl (C=O) groups excluding carboxylic acids is 1. The SMILES string of the molecule is Cl.NC(C(=O)NC1CCCOC1)c1ccccc1. The molecule has 2 atom stereocenters. The summed E-state index contributed by atoms with van der Waals surface area (Å²) in [5.41, 5.74) is 6.74. The van der Waals surface area contributed by atoms with Gasteiger partial charge in [-0.05, 0) is 18.4 Å². The first kappa shape index (κ1) is 15.0. The maximum atomic E-state index is 11.9. The monoisotopic (exact) mass is 270 g/mol. The summed E-state index contributed by atoms with van der Waals surface area (Å²) in [4.78, 5) is 11.9. The van der Waals surface area contributed by atoms with E-state index in [1.165, 1.54) is 0 Å². The van der Waals surface area contributed by atoms with Crippen molar-refractivity contribution in [2.24, 2.45) is 5.73 Å². The molecule has 4 nitrogen and oxygen atoms in total. The van der Waals surface area contributed by atoms with Crippen LogP contribution in [0, 0.1) is 0 Å². The van der Waals surface area contributed by atoms with Gasteiger partial charge in [-0.2, -0.15) is 0 Å². The van der Waals surface area contributed by atoms with Gasteiger partial charge in [-0.15, -0.1) is 12.4 Å². The lowest BCUT2D eigenvalue weighted by molar-refractivity contribution is -0.124. The predicted octanol–water partition coefficient (Wildman–Crippen LogP) is 1.40. The Morgan fingerprint density at radius 1 is 1.39 bits per heavy atom. The van der Waals surface area contributed by atoms with Gasteiger partial charge in [0.05, 0.1) is 12.6 Å². The molecule has 1 saturated heterocycles. The Hall–Kier alpha value is -1.10. The van der Waals surface area contributed by atoms with E-state index in [2.05, 4.69) is 5.32 Å². The van der Waals surface area contributed by atoms with E-state index in [0.717, 1.165) is 25.0 Å². The van der Waals surface area contributed by atoms with Crippen LogP contribution in [0.3, 0.4) is 0 Å². The number of nitrogens with one attached hydrogen (secondary N) is 1. The van der Waals surface area contributed by atoms with Crippen LogP contribution in [-0.2, 0) is 9.53 Å². The number of carbonyl (C=O) groups is 1. The molecule has 0 radical (unpaired) electrons. The summed E-state index contributed by atoms with van der Waals surface area (Å²) in [6.07, 6.45) is 1.96. The lowest BCUT2D eigenvalue weighted by Gasteiger charge is -2.24. The van der Waals surface area contributed by atoms with Gasteiger partial charge in [0.1, 0.15) is 6.04 Å². The molecular weight excluding hydrogens is 252 g/mol. The second-order valence-corrected chi connectivity index (χ2v) is 4.31. The molecule has 0 saturated carbocycles. The molecule has 1 aromatic rings. The molecule has 2 unspecified atom stereocenters. The van der Waals surface area contributed by atoms with Gasteiger partial charge in [0, 0.05) is 6.61 Å². The summed E-state index contributed by atoms with van der Waals surface area (Å²) in [5, 5.41) is 2.93. The average Bonchev–Trinajstić information content (AvgIpc) is 2.40. The smallest absolute Gasteiger partial charge is 0.241 e. The van der Waals surface area contributed by atoms with Crippen LogP contribution < -0.4 is 11.1 Å². The Morgan fingerprint density at radius 3 is 2.72 bits per heavy atom. The number of ether oxygens (including phenoxy) is 1. The molecule has 3 N–H and O–H groups in total. The van der Waals surface area contributed by atoms with Gasteiger partial charge in [0.15, 0.2) is 0 Å². The molecule has 1 aromatic carbocycles. The quantitative estimate of drug-likeness (QED) is 0.873. The Labute approximate surface area is 113 Å². The van der Waals surface area contributed by atoms with Crippen molar-refractivity contribution in [2.45, 2.75) is 24.9 Å². The largest absolute Gasteiger partial charge is 0.379 e. The van der Waals surface area contributed by atoms with Crippen molar-refractivity contribution in [3.63, 3.8) is 0 Å². The van der Waals surface area contributed by atoms with Crippen molar-refractivity contribution in [3.8, 4) is 0 Å².